The standard InChI is InChI=1S/C67H131NO11/c1-7-12-17-22-26-35-44-62(42-33-20-15-10-4)66(70)78-50-40-30-25-28-37-46-64(61-77-49-39-31-32-41-51-79-67(71)63(43-34-21-16-11-5)45-36-27-23-18-13-8-2)65(69)68(47-38-29-24-19-14-9-3)48-52-73-55-56-75-59-60-76-58-57-74-54-53-72-6/h62-64H,7-61H2,1-6H3. The first kappa shape index (κ1) is 77.2. The Morgan fingerprint density at radius 2 is 0.595 bits per heavy atom. The monoisotopic (exact) mass is 1130 g/mol. The highest BCUT2D eigenvalue weighted by atomic mass is 16.6. The maximum Gasteiger partial charge on any atom is 0.308 e. The average molecular weight is 1130 g/mol. The van der Waals surface area contributed by atoms with E-state index in [9.17, 15) is 14.4 Å². The molecule has 0 aromatic carbocycles. The van der Waals surface area contributed by atoms with E-state index in [1.807, 2.05) is 4.90 Å². The molecule has 0 saturated carbocycles. The number of carbonyl (C=O) groups excluding carboxylic acids is 3. The number of hydrogen-bond donors (Lipinski definition) is 0. The van der Waals surface area contributed by atoms with E-state index in [0.717, 1.165) is 135 Å². The Hall–Kier alpha value is -1.83. The minimum atomic E-state index is -0.207. The Bertz CT molecular complexity index is 1260. The summed E-state index contributed by atoms with van der Waals surface area (Å²) in [7, 11) is 1.66. The Morgan fingerprint density at radius 1 is 0.291 bits per heavy atom. The summed E-state index contributed by atoms with van der Waals surface area (Å²) < 4.78 is 45.9. The summed E-state index contributed by atoms with van der Waals surface area (Å²) >= 11 is 0. The van der Waals surface area contributed by atoms with Gasteiger partial charge in [0.05, 0.1) is 97.0 Å². The summed E-state index contributed by atoms with van der Waals surface area (Å²) in [4.78, 5) is 43.0. The summed E-state index contributed by atoms with van der Waals surface area (Å²) in [5.41, 5.74) is 0. The minimum Gasteiger partial charge on any atom is -0.465 e. The maximum atomic E-state index is 14.5. The van der Waals surface area contributed by atoms with Gasteiger partial charge in [-0.05, 0) is 64.2 Å². The third-order valence-corrected chi connectivity index (χ3v) is 15.5. The van der Waals surface area contributed by atoms with Gasteiger partial charge >= 0.3 is 11.9 Å². The molecule has 0 heterocycles. The molecule has 3 atom stereocenters. The van der Waals surface area contributed by atoms with E-state index in [-0.39, 0.29) is 35.6 Å². The zero-order valence-electron chi connectivity index (χ0n) is 53.1. The lowest BCUT2D eigenvalue weighted by Gasteiger charge is -2.28. The lowest BCUT2D eigenvalue weighted by atomic mass is 9.94. The molecule has 470 valence electrons. The maximum absolute atomic E-state index is 14.5. The fraction of sp³-hybridized carbons (Fsp3) is 0.955. The molecule has 0 aliphatic heterocycles. The molecule has 0 aromatic rings. The third kappa shape index (κ3) is 52.7. The van der Waals surface area contributed by atoms with Gasteiger partial charge in [-0.25, -0.2) is 0 Å². The molecular weight excluding hydrogens is 995 g/mol. The fourth-order valence-corrected chi connectivity index (χ4v) is 10.3. The van der Waals surface area contributed by atoms with Gasteiger partial charge in [0, 0.05) is 26.8 Å². The van der Waals surface area contributed by atoms with E-state index in [1.54, 1.807) is 7.11 Å². The third-order valence-electron chi connectivity index (χ3n) is 15.5. The van der Waals surface area contributed by atoms with Gasteiger partial charge in [0.2, 0.25) is 5.91 Å². The summed E-state index contributed by atoms with van der Waals surface area (Å²) in [6.07, 6.45) is 44.8. The lowest BCUT2D eigenvalue weighted by molar-refractivity contribution is -0.150. The molecule has 12 heteroatoms. The van der Waals surface area contributed by atoms with E-state index in [2.05, 4.69) is 34.6 Å². The van der Waals surface area contributed by atoms with Gasteiger partial charge in [0.1, 0.15) is 0 Å². The van der Waals surface area contributed by atoms with Gasteiger partial charge in [0.15, 0.2) is 0 Å². The van der Waals surface area contributed by atoms with E-state index < -0.39 is 0 Å². The number of esters is 2. The lowest BCUT2D eigenvalue weighted by Crippen LogP contribution is -2.41. The van der Waals surface area contributed by atoms with Crippen LogP contribution in [0, 0.1) is 17.8 Å². The van der Waals surface area contributed by atoms with Crippen molar-refractivity contribution in [3.63, 3.8) is 0 Å². The highest BCUT2D eigenvalue weighted by Crippen LogP contribution is 2.23. The number of unbranched alkanes of at least 4 members (excludes halogenated alkanes) is 28. The zero-order valence-corrected chi connectivity index (χ0v) is 53.1. The SMILES string of the molecule is CCCCCCCCC(CCCCCC)C(=O)OCCCCCCCC(COCCCCCCOC(=O)C(CCCCCC)CCCCCCCC)C(=O)N(CCCCCCCC)CCOCCOCCOCCOCCOC. The van der Waals surface area contributed by atoms with Crippen LogP contribution in [-0.2, 0) is 52.3 Å². The Kier molecular flexibility index (Phi) is 62.3. The second-order valence-electron chi connectivity index (χ2n) is 22.8. The van der Waals surface area contributed by atoms with Gasteiger partial charge in [-0.3, -0.25) is 14.4 Å². The number of methoxy groups -OCH3 is 1. The quantitative estimate of drug-likeness (QED) is 0.0426. The van der Waals surface area contributed by atoms with Crippen molar-refractivity contribution in [3.8, 4) is 0 Å². The van der Waals surface area contributed by atoms with Crippen molar-refractivity contribution >= 4 is 17.8 Å². The zero-order chi connectivity index (χ0) is 57.6. The highest BCUT2D eigenvalue weighted by Gasteiger charge is 2.25. The molecule has 0 rings (SSSR count). The number of nitrogens with zero attached hydrogens (tertiary/aromatic N) is 1. The van der Waals surface area contributed by atoms with Crippen molar-refractivity contribution in [3.05, 3.63) is 0 Å². The van der Waals surface area contributed by atoms with Crippen molar-refractivity contribution < 1.29 is 52.3 Å². The molecule has 3 unspecified atom stereocenters. The molecule has 0 aliphatic carbocycles. The van der Waals surface area contributed by atoms with Crippen LogP contribution in [0.25, 0.3) is 0 Å². The molecule has 0 radical (unpaired) electrons. The van der Waals surface area contributed by atoms with Crippen molar-refractivity contribution in [1.82, 2.24) is 4.90 Å². The van der Waals surface area contributed by atoms with Crippen molar-refractivity contribution in [2.75, 3.05) is 106 Å². The van der Waals surface area contributed by atoms with Gasteiger partial charge in [-0.15, -0.1) is 0 Å². The number of ether oxygens (including phenoxy) is 8. The molecule has 0 spiro atoms. The first-order valence-electron chi connectivity index (χ1n) is 33.9. The molecule has 0 fully saturated rings. The van der Waals surface area contributed by atoms with Crippen LogP contribution in [0.15, 0.2) is 0 Å². The van der Waals surface area contributed by atoms with Crippen LogP contribution in [-0.4, -0.2) is 129 Å². The largest absolute Gasteiger partial charge is 0.465 e. The fourth-order valence-electron chi connectivity index (χ4n) is 10.3. The van der Waals surface area contributed by atoms with Crippen molar-refractivity contribution in [1.29, 1.82) is 0 Å². The molecule has 0 bridgehead atoms. The van der Waals surface area contributed by atoms with Crippen molar-refractivity contribution in [2.45, 2.75) is 291 Å². The molecule has 0 aromatic heterocycles. The Labute approximate surface area is 488 Å². The van der Waals surface area contributed by atoms with Crippen LogP contribution in [0.2, 0.25) is 0 Å². The number of rotatable bonds is 66. The molecule has 0 aliphatic rings. The summed E-state index contributed by atoms with van der Waals surface area (Å²) in [5, 5.41) is 0. The summed E-state index contributed by atoms with van der Waals surface area (Å²) in [6.45, 7) is 19.1. The van der Waals surface area contributed by atoms with Crippen molar-refractivity contribution in [2.24, 2.45) is 17.8 Å². The minimum absolute atomic E-state index is 0.0141. The highest BCUT2D eigenvalue weighted by molar-refractivity contribution is 5.79. The summed E-state index contributed by atoms with van der Waals surface area (Å²) in [6, 6.07) is 0. The topological polar surface area (TPSA) is 128 Å². The molecule has 0 N–H and O–H groups in total. The van der Waals surface area contributed by atoms with E-state index in [0.29, 0.717) is 92.4 Å². The second-order valence-corrected chi connectivity index (χ2v) is 22.8. The Morgan fingerprint density at radius 3 is 0.987 bits per heavy atom. The van der Waals surface area contributed by atoms with Crippen LogP contribution in [0.1, 0.15) is 291 Å². The van der Waals surface area contributed by atoms with Gasteiger partial charge < -0.3 is 42.8 Å². The number of carbonyl (C=O) groups is 3. The van der Waals surface area contributed by atoms with E-state index in [4.69, 9.17) is 37.9 Å². The van der Waals surface area contributed by atoms with Crippen LogP contribution in [0.3, 0.4) is 0 Å². The van der Waals surface area contributed by atoms with Gasteiger partial charge in [0.25, 0.3) is 0 Å². The van der Waals surface area contributed by atoms with E-state index >= 15 is 0 Å². The molecule has 12 nitrogen and oxygen atoms in total. The second kappa shape index (κ2) is 63.7. The molecule has 79 heavy (non-hydrogen) atoms. The molecular formula is C67H131NO11. The van der Waals surface area contributed by atoms with Crippen LogP contribution in [0.4, 0.5) is 0 Å². The number of hydrogen-bond acceptors (Lipinski definition) is 11. The Balaban J connectivity index is 5.34. The predicted molar refractivity (Wildman–Crippen MR) is 328 cm³/mol. The first-order chi connectivity index (χ1) is 38.9. The van der Waals surface area contributed by atoms with Crippen LogP contribution < -0.4 is 0 Å². The predicted octanol–water partition coefficient (Wildman–Crippen LogP) is 17.2. The molecule has 1 amide bonds. The van der Waals surface area contributed by atoms with E-state index in [1.165, 1.54) is 128 Å². The smallest absolute Gasteiger partial charge is 0.308 e. The van der Waals surface area contributed by atoms with Gasteiger partial charge in [-0.2, -0.15) is 0 Å². The van der Waals surface area contributed by atoms with Crippen LogP contribution >= 0.6 is 0 Å². The molecule has 0 saturated heterocycles. The normalized spacial score (nSPS) is 12.7. The number of amides is 1. The average Bonchev–Trinajstić information content (AvgIpc) is 3.45. The summed E-state index contributed by atoms with van der Waals surface area (Å²) in [5.74, 6) is 0.0827. The first-order valence-corrected chi connectivity index (χ1v) is 33.9. The van der Waals surface area contributed by atoms with Gasteiger partial charge in [-0.1, -0.05) is 227 Å². The van der Waals surface area contributed by atoms with Crippen LogP contribution in [0.5, 0.6) is 0 Å².